The maximum Gasteiger partial charge on any atom is 0.0666 e. The van der Waals surface area contributed by atoms with E-state index >= 15 is 0 Å². The predicted molar refractivity (Wildman–Crippen MR) is 104 cm³/mol. The van der Waals surface area contributed by atoms with Gasteiger partial charge < -0.3 is 4.90 Å². The molecule has 0 aromatic rings. The van der Waals surface area contributed by atoms with Crippen LogP contribution in [0.2, 0.25) is 18.6 Å². The molecule has 22 heavy (non-hydrogen) atoms. The predicted octanol–water partition coefficient (Wildman–Crippen LogP) is 5.92. The Balaban J connectivity index is 2.97. The summed E-state index contributed by atoms with van der Waals surface area (Å²) >= 11 is 0. The largest absolute Gasteiger partial charge is 0.301 e. The highest BCUT2D eigenvalue weighted by molar-refractivity contribution is 6.79. The van der Waals surface area contributed by atoms with Crippen LogP contribution in [0.4, 0.5) is 0 Å². The van der Waals surface area contributed by atoms with Crippen molar-refractivity contribution in [3.8, 4) is 0 Å². The van der Waals surface area contributed by atoms with E-state index in [4.69, 9.17) is 0 Å². The molecule has 0 aromatic carbocycles. The van der Waals surface area contributed by atoms with Crippen LogP contribution in [0, 0.1) is 29.6 Å². The van der Waals surface area contributed by atoms with E-state index in [0.29, 0.717) is 0 Å². The molecule has 0 aromatic heterocycles. The zero-order chi connectivity index (χ0) is 17.5. The Bertz CT molecular complexity index is 341. The van der Waals surface area contributed by atoms with E-state index in [1.165, 1.54) is 12.7 Å². The summed E-state index contributed by atoms with van der Waals surface area (Å²) in [6.07, 6.45) is 1.35. The third-order valence-electron chi connectivity index (χ3n) is 6.66. The SMILES string of the molecule is CC(C)CN(C[Si](C)(C)C1C(C)C(C)C(C)C1C)C(C)(C)C. The van der Waals surface area contributed by atoms with Gasteiger partial charge >= 0.3 is 0 Å². The molecule has 0 saturated heterocycles. The van der Waals surface area contributed by atoms with Crippen molar-refractivity contribution < 1.29 is 0 Å². The first-order valence-electron chi connectivity index (χ1n) is 9.54. The minimum Gasteiger partial charge on any atom is -0.301 e. The van der Waals surface area contributed by atoms with Gasteiger partial charge in [0.15, 0.2) is 0 Å². The molecule has 0 aliphatic heterocycles. The standard InChI is InChI=1S/C20H43NSi/c1-14(2)12-21(20(7,8)9)13-22(10,11)19-17(5)15(3)16(4)18(19)6/h14-19H,12-13H2,1-11H3. The van der Waals surface area contributed by atoms with Crippen LogP contribution in [0.5, 0.6) is 0 Å². The number of hydrogen-bond donors (Lipinski definition) is 0. The van der Waals surface area contributed by atoms with Crippen LogP contribution in [-0.4, -0.2) is 31.2 Å². The highest BCUT2D eigenvalue weighted by Crippen LogP contribution is 2.53. The van der Waals surface area contributed by atoms with Gasteiger partial charge in [-0.1, -0.05) is 54.6 Å². The maximum absolute atomic E-state index is 2.79. The molecule has 1 aliphatic rings. The summed E-state index contributed by atoms with van der Waals surface area (Å²) in [4.78, 5) is 2.79. The van der Waals surface area contributed by atoms with E-state index in [2.05, 4.69) is 80.3 Å². The molecule has 4 unspecified atom stereocenters. The Morgan fingerprint density at radius 1 is 0.864 bits per heavy atom. The molecule has 0 spiro atoms. The molecule has 132 valence electrons. The average Bonchev–Trinajstić information content (AvgIpc) is 2.51. The van der Waals surface area contributed by atoms with Gasteiger partial charge in [0.05, 0.1) is 8.07 Å². The van der Waals surface area contributed by atoms with Crippen LogP contribution in [-0.2, 0) is 0 Å². The fraction of sp³-hybridized carbons (Fsp3) is 1.00. The summed E-state index contributed by atoms with van der Waals surface area (Å²) in [5.74, 6) is 4.32. The first-order valence-corrected chi connectivity index (χ1v) is 12.8. The molecule has 1 rings (SSSR count). The minimum absolute atomic E-state index is 0.289. The van der Waals surface area contributed by atoms with E-state index < -0.39 is 8.07 Å². The molecule has 4 atom stereocenters. The van der Waals surface area contributed by atoms with Crippen molar-refractivity contribution in [1.82, 2.24) is 4.90 Å². The number of nitrogens with zero attached hydrogens (tertiary/aromatic N) is 1. The zero-order valence-electron chi connectivity index (χ0n) is 17.3. The van der Waals surface area contributed by atoms with Crippen LogP contribution in [0.15, 0.2) is 0 Å². The first-order chi connectivity index (χ1) is 9.79. The summed E-state index contributed by atoms with van der Waals surface area (Å²) in [5, 5.41) is 0. The zero-order valence-corrected chi connectivity index (χ0v) is 18.3. The van der Waals surface area contributed by atoms with Gasteiger partial charge in [0, 0.05) is 12.1 Å². The van der Waals surface area contributed by atoms with E-state index in [1.54, 1.807) is 0 Å². The highest BCUT2D eigenvalue weighted by atomic mass is 28.3. The van der Waals surface area contributed by atoms with Gasteiger partial charge in [-0.25, -0.2) is 0 Å². The van der Waals surface area contributed by atoms with Gasteiger partial charge in [-0.3, -0.25) is 0 Å². The molecule has 1 saturated carbocycles. The van der Waals surface area contributed by atoms with Gasteiger partial charge in [-0.15, -0.1) is 0 Å². The Morgan fingerprint density at radius 2 is 1.27 bits per heavy atom. The number of rotatable bonds is 5. The van der Waals surface area contributed by atoms with E-state index in [-0.39, 0.29) is 5.54 Å². The smallest absolute Gasteiger partial charge is 0.0666 e. The van der Waals surface area contributed by atoms with Gasteiger partial charge in [0.2, 0.25) is 0 Å². The molecule has 0 amide bonds. The lowest BCUT2D eigenvalue weighted by Gasteiger charge is -2.45. The average molecular weight is 326 g/mol. The van der Waals surface area contributed by atoms with E-state index in [0.717, 1.165) is 35.1 Å². The molecule has 1 aliphatic carbocycles. The summed E-state index contributed by atoms with van der Waals surface area (Å²) in [7, 11) is -1.29. The van der Waals surface area contributed by atoms with Crippen LogP contribution >= 0.6 is 0 Å². The van der Waals surface area contributed by atoms with Crippen molar-refractivity contribution in [2.24, 2.45) is 29.6 Å². The molecule has 1 nitrogen and oxygen atoms in total. The summed E-state index contributed by atoms with van der Waals surface area (Å²) in [6, 6.07) is 0. The van der Waals surface area contributed by atoms with Crippen molar-refractivity contribution in [3.63, 3.8) is 0 Å². The van der Waals surface area contributed by atoms with Crippen molar-refractivity contribution in [2.75, 3.05) is 12.7 Å². The minimum atomic E-state index is -1.29. The maximum atomic E-state index is 2.79. The quantitative estimate of drug-likeness (QED) is 0.567. The van der Waals surface area contributed by atoms with Gasteiger partial charge in [-0.05, 0) is 62.1 Å². The van der Waals surface area contributed by atoms with Crippen LogP contribution in [0.25, 0.3) is 0 Å². The second-order valence-corrected chi connectivity index (χ2v) is 15.4. The van der Waals surface area contributed by atoms with Crippen molar-refractivity contribution in [1.29, 1.82) is 0 Å². The number of hydrogen-bond acceptors (Lipinski definition) is 1. The van der Waals surface area contributed by atoms with Gasteiger partial charge in [-0.2, -0.15) is 0 Å². The normalized spacial score (nSPS) is 34.0. The lowest BCUT2D eigenvalue weighted by Crippen LogP contribution is -2.55. The molecular formula is C20H43NSi. The van der Waals surface area contributed by atoms with Crippen molar-refractivity contribution in [2.45, 2.75) is 86.5 Å². The van der Waals surface area contributed by atoms with Crippen molar-refractivity contribution in [3.05, 3.63) is 0 Å². The van der Waals surface area contributed by atoms with Crippen LogP contribution < -0.4 is 0 Å². The molecule has 1 fully saturated rings. The Labute approximate surface area is 142 Å². The molecule has 0 heterocycles. The first kappa shape index (κ1) is 20.2. The molecule has 2 heteroatoms. The van der Waals surface area contributed by atoms with E-state index in [9.17, 15) is 0 Å². The molecule has 0 bridgehead atoms. The van der Waals surface area contributed by atoms with Crippen LogP contribution in [0.1, 0.15) is 62.3 Å². The van der Waals surface area contributed by atoms with E-state index in [1.807, 2.05) is 0 Å². The third kappa shape index (κ3) is 4.38. The van der Waals surface area contributed by atoms with Gasteiger partial charge in [0.25, 0.3) is 0 Å². The Hall–Kier alpha value is 0.177. The fourth-order valence-corrected chi connectivity index (χ4v) is 10.4. The molecule has 0 N–H and O–H groups in total. The Kier molecular flexibility index (Phi) is 6.40. The topological polar surface area (TPSA) is 3.24 Å². The summed E-state index contributed by atoms with van der Waals surface area (Å²) < 4.78 is 0. The fourth-order valence-electron chi connectivity index (χ4n) is 5.13. The lowest BCUT2D eigenvalue weighted by atomic mass is 9.92. The monoisotopic (exact) mass is 325 g/mol. The second kappa shape index (κ2) is 6.97. The molecular weight excluding hydrogens is 282 g/mol. The molecule has 0 radical (unpaired) electrons. The van der Waals surface area contributed by atoms with Crippen molar-refractivity contribution >= 4 is 8.07 Å². The lowest BCUT2D eigenvalue weighted by molar-refractivity contribution is 0.141. The van der Waals surface area contributed by atoms with Crippen LogP contribution in [0.3, 0.4) is 0 Å². The summed E-state index contributed by atoms with van der Waals surface area (Å²) in [6.45, 7) is 28.5. The summed E-state index contributed by atoms with van der Waals surface area (Å²) in [5.41, 5.74) is 1.26. The third-order valence-corrected chi connectivity index (χ3v) is 10.7. The highest BCUT2D eigenvalue weighted by Gasteiger charge is 2.50. The van der Waals surface area contributed by atoms with Gasteiger partial charge in [0.1, 0.15) is 0 Å². The second-order valence-electron chi connectivity index (χ2n) is 10.4. The Morgan fingerprint density at radius 3 is 1.59 bits per heavy atom.